The maximum absolute atomic E-state index is 12.4. The first-order chi connectivity index (χ1) is 13.2. The smallest absolute Gasteiger partial charge is 0.251 e. The van der Waals surface area contributed by atoms with Gasteiger partial charge in [0, 0.05) is 57.4 Å². The van der Waals surface area contributed by atoms with E-state index >= 15 is 0 Å². The van der Waals surface area contributed by atoms with Crippen molar-refractivity contribution in [3.63, 3.8) is 0 Å². The Morgan fingerprint density at radius 2 is 1.78 bits per heavy atom. The van der Waals surface area contributed by atoms with Crippen LogP contribution in [0.1, 0.15) is 22.3 Å². The minimum Gasteiger partial charge on any atom is -0.353 e. The van der Waals surface area contributed by atoms with Crippen LogP contribution < -0.4 is 16.0 Å². The summed E-state index contributed by atoms with van der Waals surface area (Å²) in [4.78, 5) is 32.9. The van der Waals surface area contributed by atoms with Gasteiger partial charge in [0.1, 0.15) is 5.82 Å². The van der Waals surface area contributed by atoms with Crippen LogP contribution in [0.5, 0.6) is 0 Å². The van der Waals surface area contributed by atoms with Gasteiger partial charge < -0.3 is 20.9 Å². The van der Waals surface area contributed by atoms with E-state index in [1.54, 1.807) is 18.3 Å². The van der Waals surface area contributed by atoms with Crippen LogP contribution in [-0.2, 0) is 11.3 Å². The van der Waals surface area contributed by atoms with Crippen LogP contribution in [-0.4, -0.2) is 54.4 Å². The molecule has 2 aromatic rings. The highest BCUT2D eigenvalue weighted by atomic mass is 16.2. The van der Waals surface area contributed by atoms with E-state index in [2.05, 4.69) is 15.2 Å². The number of nitrogens with two attached hydrogens (primary N) is 1. The molecule has 1 aromatic heterocycles. The number of nitrogens with one attached hydrogen (secondary N) is 1. The zero-order chi connectivity index (χ0) is 19.1. The van der Waals surface area contributed by atoms with E-state index in [0.717, 1.165) is 24.5 Å². The predicted octanol–water partition coefficient (Wildman–Crippen LogP) is 1.01. The van der Waals surface area contributed by atoms with Gasteiger partial charge in [0.25, 0.3) is 5.91 Å². The maximum Gasteiger partial charge on any atom is 0.251 e. The molecule has 3 rings (SSSR count). The summed E-state index contributed by atoms with van der Waals surface area (Å²) in [6, 6.07) is 13.0. The van der Waals surface area contributed by atoms with E-state index in [9.17, 15) is 9.59 Å². The number of hydrogen-bond donors (Lipinski definition) is 2. The number of aromatic nitrogens is 1. The molecule has 1 aromatic carbocycles. The highest BCUT2D eigenvalue weighted by Gasteiger charge is 2.21. The zero-order valence-corrected chi connectivity index (χ0v) is 15.3. The van der Waals surface area contributed by atoms with Crippen molar-refractivity contribution in [1.82, 2.24) is 15.2 Å². The summed E-state index contributed by atoms with van der Waals surface area (Å²) in [5, 5.41) is 2.80. The van der Waals surface area contributed by atoms with E-state index in [-0.39, 0.29) is 11.8 Å². The standard InChI is InChI=1S/C20H25N5O2/c21-15-16-4-6-17(7-5-16)20(27)23-10-8-19(26)25-13-11-24(12-14-25)18-3-1-2-9-22-18/h1-7,9H,8,10-15,21H2,(H,23,27). The SMILES string of the molecule is NCc1ccc(C(=O)NCCC(=O)N2CCN(c3ccccn3)CC2)cc1. The zero-order valence-electron chi connectivity index (χ0n) is 15.3. The second-order valence-corrected chi connectivity index (χ2v) is 6.46. The summed E-state index contributed by atoms with van der Waals surface area (Å²) < 4.78 is 0. The summed E-state index contributed by atoms with van der Waals surface area (Å²) >= 11 is 0. The van der Waals surface area contributed by atoms with E-state index in [1.807, 2.05) is 35.2 Å². The Morgan fingerprint density at radius 3 is 2.41 bits per heavy atom. The van der Waals surface area contributed by atoms with Crippen LogP contribution in [0.3, 0.4) is 0 Å². The summed E-state index contributed by atoms with van der Waals surface area (Å²) in [5.41, 5.74) is 7.10. The summed E-state index contributed by atoms with van der Waals surface area (Å²) in [6.07, 6.45) is 2.08. The lowest BCUT2D eigenvalue weighted by atomic mass is 10.1. The molecule has 1 saturated heterocycles. The van der Waals surface area contributed by atoms with Gasteiger partial charge in [0.05, 0.1) is 0 Å². The Labute approximate surface area is 159 Å². The van der Waals surface area contributed by atoms with Crippen molar-refractivity contribution in [1.29, 1.82) is 0 Å². The fourth-order valence-electron chi connectivity index (χ4n) is 3.06. The molecule has 1 fully saturated rings. The molecule has 1 aliphatic heterocycles. The highest BCUT2D eigenvalue weighted by Crippen LogP contribution is 2.13. The molecule has 1 aliphatic rings. The number of piperazine rings is 1. The lowest BCUT2D eigenvalue weighted by molar-refractivity contribution is -0.131. The number of anilines is 1. The summed E-state index contributed by atoms with van der Waals surface area (Å²) in [5.74, 6) is 0.832. The Hall–Kier alpha value is -2.93. The molecule has 0 aliphatic carbocycles. The Kier molecular flexibility index (Phi) is 6.38. The van der Waals surface area contributed by atoms with E-state index in [0.29, 0.717) is 38.2 Å². The van der Waals surface area contributed by atoms with Gasteiger partial charge in [0.2, 0.25) is 5.91 Å². The molecule has 0 bridgehead atoms. The number of nitrogens with zero attached hydrogens (tertiary/aromatic N) is 3. The molecule has 7 nitrogen and oxygen atoms in total. The van der Waals surface area contributed by atoms with E-state index in [4.69, 9.17) is 5.73 Å². The van der Waals surface area contributed by atoms with Crippen LogP contribution in [0.15, 0.2) is 48.7 Å². The summed E-state index contributed by atoms with van der Waals surface area (Å²) in [7, 11) is 0. The van der Waals surface area contributed by atoms with Crippen molar-refractivity contribution >= 4 is 17.6 Å². The Bertz CT molecular complexity index is 756. The molecule has 2 amide bonds. The number of hydrogen-bond acceptors (Lipinski definition) is 5. The fraction of sp³-hybridized carbons (Fsp3) is 0.350. The third kappa shape index (κ3) is 5.04. The van der Waals surface area contributed by atoms with Crippen molar-refractivity contribution < 1.29 is 9.59 Å². The lowest BCUT2D eigenvalue weighted by Crippen LogP contribution is -2.49. The predicted molar refractivity (Wildman–Crippen MR) is 104 cm³/mol. The first-order valence-electron chi connectivity index (χ1n) is 9.18. The van der Waals surface area contributed by atoms with Gasteiger partial charge in [-0.1, -0.05) is 18.2 Å². The number of amides is 2. The second kappa shape index (κ2) is 9.14. The van der Waals surface area contributed by atoms with Crippen molar-refractivity contribution in [2.75, 3.05) is 37.6 Å². The normalized spacial score (nSPS) is 14.1. The third-order valence-corrected chi connectivity index (χ3v) is 4.68. The monoisotopic (exact) mass is 367 g/mol. The van der Waals surface area contributed by atoms with Crippen LogP contribution in [0.4, 0.5) is 5.82 Å². The quantitative estimate of drug-likeness (QED) is 0.795. The minimum absolute atomic E-state index is 0.0643. The molecule has 27 heavy (non-hydrogen) atoms. The summed E-state index contributed by atoms with van der Waals surface area (Å²) in [6.45, 7) is 3.65. The van der Waals surface area contributed by atoms with Crippen molar-refractivity contribution in [3.8, 4) is 0 Å². The average molecular weight is 367 g/mol. The van der Waals surface area contributed by atoms with Crippen molar-refractivity contribution in [2.45, 2.75) is 13.0 Å². The van der Waals surface area contributed by atoms with Crippen LogP contribution in [0, 0.1) is 0 Å². The van der Waals surface area contributed by atoms with Gasteiger partial charge in [-0.2, -0.15) is 0 Å². The number of carbonyl (C=O) groups is 2. The largest absolute Gasteiger partial charge is 0.353 e. The molecule has 0 radical (unpaired) electrons. The Balaban J connectivity index is 1.40. The van der Waals surface area contributed by atoms with Gasteiger partial charge in [-0.05, 0) is 29.8 Å². The molecule has 0 spiro atoms. The minimum atomic E-state index is -0.175. The number of carbonyl (C=O) groups excluding carboxylic acids is 2. The van der Waals surface area contributed by atoms with Crippen LogP contribution >= 0.6 is 0 Å². The topological polar surface area (TPSA) is 91.6 Å². The van der Waals surface area contributed by atoms with Gasteiger partial charge in [-0.25, -0.2) is 4.98 Å². The average Bonchev–Trinajstić information content (AvgIpc) is 2.74. The van der Waals surface area contributed by atoms with E-state index in [1.165, 1.54) is 0 Å². The van der Waals surface area contributed by atoms with Gasteiger partial charge in [-0.3, -0.25) is 9.59 Å². The van der Waals surface area contributed by atoms with Crippen molar-refractivity contribution in [2.24, 2.45) is 5.73 Å². The third-order valence-electron chi connectivity index (χ3n) is 4.68. The molecule has 0 saturated carbocycles. The number of rotatable bonds is 6. The van der Waals surface area contributed by atoms with Crippen LogP contribution in [0.25, 0.3) is 0 Å². The molecule has 142 valence electrons. The molecule has 7 heteroatoms. The first-order valence-corrected chi connectivity index (χ1v) is 9.18. The van der Waals surface area contributed by atoms with Crippen molar-refractivity contribution in [3.05, 3.63) is 59.8 Å². The highest BCUT2D eigenvalue weighted by molar-refractivity contribution is 5.94. The Morgan fingerprint density at radius 1 is 1.04 bits per heavy atom. The molecule has 3 N–H and O–H groups in total. The molecular formula is C20H25N5O2. The number of benzene rings is 1. The van der Waals surface area contributed by atoms with Gasteiger partial charge >= 0.3 is 0 Å². The molecule has 2 heterocycles. The number of pyridine rings is 1. The van der Waals surface area contributed by atoms with E-state index < -0.39 is 0 Å². The first kappa shape index (κ1) is 18.8. The molecule has 0 unspecified atom stereocenters. The lowest BCUT2D eigenvalue weighted by Gasteiger charge is -2.35. The van der Waals surface area contributed by atoms with Gasteiger partial charge in [-0.15, -0.1) is 0 Å². The van der Waals surface area contributed by atoms with Crippen LogP contribution in [0.2, 0.25) is 0 Å². The maximum atomic E-state index is 12.4. The molecular weight excluding hydrogens is 342 g/mol. The fourth-order valence-corrected chi connectivity index (χ4v) is 3.06. The second-order valence-electron chi connectivity index (χ2n) is 6.46. The molecule has 0 atom stereocenters. The van der Waals surface area contributed by atoms with Gasteiger partial charge in [0.15, 0.2) is 0 Å².